The fraction of sp³-hybridized carbons (Fsp3) is 0.273. The van der Waals surface area contributed by atoms with E-state index in [1.807, 2.05) is 12.1 Å². The molecule has 1 N–H and O–H groups in total. The van der Waals surface area contributed by atoms with Crippen molar-refractivity contribution in [2.75, 3.05) is 43.1 Å². The van der Waals surface area contributed by atoms with Crippen molar-refractivity contribution in [3.8, 4) is 5.75 Å². The molecule has 4 rings (SSSR count). The number of hydrogen-bond donors (Lipinski definition) is 1. The molecule has 1 amide bonds. The van der Waals surface area contributed by atoms with Gasteiger partial charge in [0.25, 0.3) is 5.91 Å². The quantitative estimate of drug-likeness (QED) is 0.653. The van der Waals surface area contributed by atoms with Gasteiger partial charge in [0.15, 0.2) is 5.13 Å². The maximum absolute atomic E-state index is 13.7. The van der Waals surface area contributed by atoms with E-state index < -0.39 is 0 Å². The number of aromatic nitrogens is 1. The monoisotopic (exact) mass is 426 g/mol. The Hall–Kier alpha value is -3.13. The van der Waals surface area contributed by atoms with Gasteiger partial charge in [-0.25, -0.2) is 9.37 Å². The highest BCUT2D eigenvalue weighted by Crippen LogP contribution is 2.25. The molecule has 1 aliphatic heterocycles. The largest absolute Gasteiger partial charge is 0.497 e. The molecule has 0 saturated carbocycles. The highest BCUT2D eigenvalue weighted by molar-refractivity contribution is 7.13. The standard InChI is InChI=1S/C22H23FN4O2S/c1-29-18-8-6-17(7-9-18)26-10-12-27(13-11-26)22-25-20(15-30-22)21(28)24-14-16-4-2-3-5-19(16)23/h2-9,15H,10-14H2,1H3,(H,24,28). The SMILES string of the molecule is COc1ccc(N2CCN(c3nc(C(=O)NCc4ccccc4F)cs3)CC2)cc1. The van der Waals surface area contributed by atoms with Crippen LogP contribution >= 0.6 is 11.3 Å². The number of nitrogens with one attached hydrogen (secondary N) is 1. The molecule has 0 atom stereocenters. The van der Waals surface area contributed by atoms with Crippen LogP contribution < -0.4 is 19.9 Å². The maximum Gasteiger partial charge on any atom is 0.271 e. The number of amides is 1. The van der Waals surface area contributed by atoms with Crippen molar-refractivity contribution in [3.63, 3.8) is 0 Å². The number of piperazine rings is 1. The van der Waals surface area contributed by atoms with E-state index in [9.17, 15) is 9.18 Å². The Morgan fingerprint density at radius 2 is 1.80 bits per heavy atom. The van der Waals surface area contributed by atoms with Crippen LogP contribution in [0.25, 0.3) is 0 Å². The molecule has 3 aromatic rings. The highest BCUT2D eigenvalue weighted by atomic mass is 32.1. The van der Waals surface area contributed by atoms with Crippen LogP contribution in [-0.4, -0.2) is 44.2 Å². The van der Waals surface area contributed by atoms with Gasteiger partial charge in [-0.15, -0.1) is 11.3 Å². The Labute approximate surface area is 178 Å². The highest BCUT2D eigenvalue weighted by Gasteiger charge is 2.21. The lowest BCUT2D eigenvalue weighted by atomic mass is 10.2. The van der Waals surface area contributed by atoms with Crippen LogP contribution in [0, 0.1) is 5.82 Å². The molecule has 8 heteroatoms. The lowest BCUT2D eigenvalue weighted by Crippen LogP contribution is -2.46. The van der Waals surface area contributed by atoms with Crippen LogP contribution in [0.1, 0.15) is 16.1 Å². The molecule has 0 bridgehead atoms. The van der Waals surface area contributed by atoms with Crippen molar-refractivity contribution >= 4 is 28.1 Å². The second kappa shape index (κ2) is 9.13. The summed E-state index contributed by atoms with van der Waals surface area (Å²) < 4.78 is 18.9. The number of carbonyl (C=O) groups excluding carboxylic acids is 1. The van der Waals surface area contributed by atoms with Crippen molar-refractivity contribution < 1.29 is 13.9 Å². The Morgan fingerprint density at radius 1 is 1.10 bits per heavy atom. The zero-order valence-electron chi connectivity index (χ0n) is 16.7. The van der Waals surface area contributed by atoms with Gasteiger partial charge in [-0.05, 0) is 30.3 Å². The fourth-order valence-electron chi connectivity index (χ4n) is 3.37. The van der Waals surface area contributed by atoms with Gasteiger partial charge in [0.2, 0.25) is 0 Å². The number of rotatable bonds is 6. The molecule has 1 saturated heterocycles. The van der Waals surface area contributed by atoms with Crippen LogP contribution in [0.3, 0.4) is 0 Å². The summed E-state index contributed by atoms with van der Waals surface area (Å²) >= 11 is 1.46. The van der Waals surface area contributed by atoms with Crippen LogP contribution in [0.15, 0.2) is 53.9 Å². The van der Waals surface area contributed by atoms with Gasteiger partial charge in [0, 0.05) is 49.4 Å². The third-order valence-corrected chi connectivity index (χ3v) is 6.01. The predicted octanol–water partition coefficient (Wildman–Crippen LogP) is 3.55. The molecular formula is C22H23FN4O2S. The van der Waals surface area contributed by atoms with E-state index in [1.54, 1.807) is 30.7 Å². The minimum atomic E-state index is -0.327. The number of hydrogen-bond acceptors (Lipinski definition) is 6. The van der Waals surface area contributed by atoms with Crippen LogP contribution in [0.4, 0.5) is 15.2 Å². The van der Waals surface area contributed by atoms with Gasteiger partial charge < -0.3 is 19.9 Å². The first-order valence-electron chi connectivity index (χ1n) is 9.75. The third-order valence-electron chi connectivity index (χ3n) is 5.11. The molecule has 2 aromatic carbocycles. The number of benzene rings is 2. The summed E-state index contributed by atoms with van der Waals surface area (Å²) in [7, 11) is 1.66. The summed E-state index contributed by atoms with van der Waals surface area (Å²) in [5.74, 6) is 0.227. The van der Waals surface area contributed by atoms with E-state index in [1.165, 1.54) is 23.1 Å². The van der Waals surface area contributed by atoms with Gasteiger partial charge in [0.1, 0.15) is 17.3 Å². The summed E-state index contributed by atoms with van der Waals surface area (Å²) in [5.41, 5.74) is 1.99. The Bertz CT molecular complexity index is 1000. The van der Waals surface area contributed by atoms with Crippen molar-refractivity contribution in [2.45, 2.75) is 6.54 Å². The molecule has 156 valence electrons. The summed E-state index contributed by atoms with van der Waals surface area (Å²) in [4.78, 5) is 21.4. The van der Waals surface area contributed by atoms with Gasteiger partial charge in [-0.1, -0.05) is 18.2 Å². The first kappa shape index (κ1) is 20.2. The molecule has 0 spiro atoms. The molecule has 0 aliphatic carbocycles. The molecule has 1 aliphatic rings. The molecule has 1 fully saturated rings. The summed E-state index contributed by atoms with van der Waals surface area (Å²) in [5, 5.41) is 5.32. The predicted molar refractivity (Wildman–Crippen MR) is 117 cm³/mol. The van der Waals surface area contributed by atoms with Crippen LogP contribution in [0.5, 0.6) is 5.75 Å². The first-order chi connectivity index (χ1) is 14.6. The van der Waals surface area contributed by atoms with Gasteiger partial charge in [-0.3, -0.25) is 4.79 Å². The Morgan fingerprint density at radius 3 is 2.50 bits per heavy atom. The molecule has 1 aromatic heterocycles. The van der Waals surface area contributed by atoms with E-state index in [0.29, 0.717) is 11.3 Å². The second-order valence-electron chi connectivity index (χ2n) is 6.96. The van der Waals surface area contributed by atoms with Crippen LogP contribution in [0.2, 0.25) is 0 Å². The van der Waals surface area contributed by atoms with Crippen molar-refractivity contribution in [1.82, 2.24) is 10.3 Å². The van der Waals surface area contributed by atoms with Crippen molar-refractivity contribution in [2.24, 2.45) is 0 Å². The third kappa shape index (κ3) is 4.54. The number of halogens is 1. The fourth-order valence-corrected chi connectivity index (χ4v) is 4.23. The summed E-state index contributed by atoms with van der Waals surface area (Å²) in [6.07, 6.45) is 0. The number of carbonyl (C=O) groups is 1. The Balaban J connectivity index is 1.32. The lowest BCUT2D eigenvalue weighted by Gasteiger charge is -2.36. The van der Waals surface area contributed by atoms with Gasteiger partial charge in [0.05, 0.1) is 7.11 Å². The van der Waals surface area contributed by atoms with E-state index in [0.717, 1.165) is 37.1 Å². The molecule has 2 heterocycles. The Kier molecular flexibility index (Phi) is 6.13. The minimum absolute atomic E-state index is 0.138. The zero-order chi connectivity index (χ0) is 20.9. The molecule has 30 heavy (non-hydrogen) atoms. The minimum Gasteiger partial charge on any atom is -0.497 e. The number of anilines is 2. The zero-order valence-corrected chi connectivity index (χ0v) is 17.5. The lowest BCUT2D eigenvalue weighted by molar-refractivity contribution is 0.0946. The normalized spacial score (nSPS) is 13.9. The molecule has 0 radical (unpaired) electrons. The first-order valence-corrected chi connectivity index (χ1v) is 10.6. The average molecular weight is 427 g/mol. The maximum atomic E-state index is 13.7. The van der Waals surface area contributed by atoms with Crippen molar-refractivity contribution in [1.29, 1.82) is 0 Å². The summed E-state index contributed by atoms with van der Waals surface area (Å²) in [6.45, 7) is 3.55. The average Bonchev–Trinajstić information content (AvgIpc) is 3.29. The van der Waals surface area contributed by atoms with Crippen molar-refractivity contribution in [3.05, 3.63) is 71.0 Å². The number of methoxy groups -OCH3 is 1. The topological polar surface area (TPSA) is 57.7 Å². The van der Waals surface area contributed by atoms with E-state index in [2.05, 4.69) is 32.2 Å². The summed E-state index contributed by atoms with van der Waals surface area (Å²) in [6, 6.07) is 14.5. The number of nitrogens with zero attached hydrogens (tertiary/aromatic N) is 3. The van der Waals surface area contributed by atoms with E-state index in [-0.39, 0.29) is 18.3 Å². The number of ether oxygens (including phenoxy) is 1. The van der Waals surface area contributed by atoms with E-state index in [4.69, 9.17) is 4.74 Å². The van der Waals surface area contributed by atoms with E-state index >= 15 is 0 Å². The second-order valence-corrected chi connectivity index (χ2v) is 7.80. The van der Waals surface area contributed by atoms with Gasteiger partial charge >= 0.3 is 0 Å². The molecule has 6 nitrogen and oxygen atoms in total. The number of thiazole rings is 1. The van der Waals surface area contributed by atoms with Gasteiger partial charge in [-0.2, -0.15) is 0 Å². The molecule has 0 unspecified atom stereocenters. The van der Waals surface area contributed by atoms with Crippen LogP contribution in [-0.2, 0) is 6.54 Å². The molecular weight excluding hydrogens is 403 g/mol. The smallest absolute Gasteiger partial charge is 0.271 e.